The molecular formula is C27H29N3O6. The van der Waals surface area contributed by atoms with Crippen LogP contribution in [0.4, 0.5) is 9.59 Å². The van der Waals surface area contributed by atoms with Crippen LogP contribution in [-0.4, -0.2) is 60.0 Å². The largest absolute Gasteiger partial charge is 0.513 e. The Morgan fingerprint density at radius 3 is 2.17 bits per heavy atom. The summed E-state index contributed by atoms with van der Waals surface area (Å²) < 4.78 is 21.0. The maximum Gasteiger partial charge on any atom is 0.513 e. The van der Waals surface area contributed by atoms with Crippen molar-refractivity contribution in [2.24, 2.45) is 0 Å². The summed E-state index contributed by atoms with van der Waals surface area (Å²) in [7, 11) is 2.14. The molecule has 1 atom stereocenters. The molecule has 1 aliphatic heterocycles. The SMILES string of the molecule is Cc1c[nH]c2cccc(OC(=O)OCCOC(=O)Oc3cccc4[nH]cc(CC5CCCN5C)c34)c12. The summed E-state index contributed by atoms with van der Waals surface area (Å²) in [6.07, 6.45) is 5.29. The van der Waals surface area contributed by atoms with Crippen LogP contribution >= 0.6 is 0 Å². The summed E-state index contributed by atoms with van der Waals surface area (Å²) in [6.45, 7) is 2.69. The summed E-state index contributed by atoms with van der Waals surface area (Å²) in [4.78, 5) is 33.2. The molecule has 2 N–H and O–H groups in total. The monoisotopic (exact) mass is 491 g/mol. The number of aryl methyl sites for hydroxylation is 1. The number of nitrogens with one attached hydrogen (secondary N) is 2. The van der Waals surface area contributed by atoms with Crippen LogP contribution in [0.1, 0.15) is 24.0 Å². The van der Waals surface area contributed by atoms with Gasteiger partial charge in [0.05, 0.1) is 0 Å². The highest BCUT2D eigenvalue weighted by Crippen LogP contribution is 2.32. The predicted molar refractivity (Wildman–Crippen MR) is 135 cm³/mol. The summed E-state index contributed by atoms with van der Waals surface area (Å²) in [5.74, 6) is 0.834. The van der Waals surface area contributed by atoms with E-state index in [4.69, 9.17) is 18.9 Å². The van der Waals surface area contributed by atoms with Gasteiger partial charge in [0, 0.05) is 40.2 Å². The molecule has 9 heteroatoms. The third kappa shape index (κ3) is 5.01. The quantitative estimate of drug-likeness (QED) is 0.205. The van der Waals surface area contributed by atoms with Crippen molar-refractivity contribution in [2.45, 2.75) is 32.2 Å². The van der Waals surface area contributed by atoms with Gasteiger partial charge in [-0.05, 0) is 75.2 Å². The van der Waals surface area contributed by atoms with Crippen molar-refractivity contribution in [3.05, 3.63) is 59.9 Å². The molecule has 1 saturated heterocycles. The number of aromatic nitrogens is 2. The number of ether oxygens (including phenoxy) is 4. The number of carbonyl (C=O) groups is 2. The van der Waals surface area contributed by atoms with Gasteiger partial charge in [0.25, 0.3) is 0 Å². The summed E-state index contributed by atoms with van der Waals surface area (Å²) >= 11 is 0. The van der Waals surface area contributed by atoms with E-state index in [1.807, 2.05) is 37.5 Å². The van der Waals surface area contributed by atoms with Gasteiger partial charge in [-0.25, -0.2) is 9.59 Å². The van der Waals surface area contributed by atoms with E-state index < -0.39 is 12.3 Å². The molecule has 0 amide bonds. The Bertz CT molecular complexity index is 1390. The number of hydrogen-bond acceptors (Lipinski definition) is 7. The van der Waals surface area contributed by atoms with Crippen molar-refractivity contribution in [1.29, 1.82) is 0 Å². The molecule has 9 nitrogen and oxygen atoms in total. The van der Waals surface area contributed by atoms with E-state index in [1.54, 1.807) is 18.2 Å². The second kappa shape index (κ2) is 10.3. The lowest BCUT2D eigenvalue weighted by molar-refractivity contribution is 0.0546. The Morgan fingerprint density at radius 1 is 0.917 bits per heavy atom. The highest BCUT2D eigenvalue weighted by Gasteiger charge is 2.23. The molecule has 1 fully saturated rings. The molecule has 0 aliphatic carbocycles. The van der Waals surface area contributed by atoms with Crippen LogP contribution in [0.3, 0.4) is 0 Å². The van der Waals surface area contributed by atoms with Crippen LogP contribution < -0.4 is 9.47 Å². The van der Waals surface area contributed by atoms with Gasteiger partial charge in [-0.1, -0.05) is 12.1 Å². The lowest BCUT2D eigenvalue weighted by atomic mass is 10.0. The standard InChI is InChI=1S/C27H29N3O6/c1-17-15-28-20-7-3-9-22(24(17)20)35-26(31)33-12-13-34-27(32)36-23-10-4-8-21-25(23)18(16-29-21)14-19-6-5-11-30(19)2/h3-4,7-10,15-16,19,28-29H,5-6,11-14H2,1-2H3. The third-order valence-electron chi connectivity index (χ3n) is 6.65. The molecule has 5 rings (SSSR count). The second-order valence-corrected chi connectivity index (χ2v) is 9.02. The average molecular weight is 492 g/mol. The molecule has 0 saturated carbocycles. The predicted octanol–water partition coefficient (Wildman–Crippen LogP) is 5.33. The smallest absolute Gasteiger partial charge is 0.430 e. The molecule has 0 radical (unpaired) electrons. The second-order valence-electron chi connectivity index (χ2n) is 9.02. The number of fused-ring (bicyclic) bond motifs is 2. The van der Waals surface area contributed by atoms with E-state index in [2.05, 4.69) is 21.9 Å². The minimum absolute atomic E-state index is 0.163. The van der Waals surface area contributed by atoms with Crippen LogP contribution in [0.25, 0.3) is 21.8 Å². The number of rotatable bonds is 7. The van der Waals surface area contributed by atoms with Gasteiger partial charge in [0.1, 0.15) is 24.7 Å². The zero-order valence-electron chi connectivity index (χ0n) is 20.3. The average Bonchev–Trinajstić information content (AvgIpc) is 3.57. The van der Waals surface area contributed by atoms with Gasteiger partial charge in [0.15, 0.2) is 0 Å². The lowest BCUT2D eigenvalue weighted by Crippen LogP contribution is -2.26. The van der Waals surface area contributed by atoms with Crippen molar-refractivity contribution in [2.75, 3.05) is 26.8 Å². The molecule has 3 heterocycles. The third-order valence-corrected chi connectivity index (χ3v) is 6.65. The lowest BCUT2D eigenvalue weighted by Gasteiger charge is -2.19. The molecule has 0 spiro atoms. The van der Waals surface area contributed by atoms with E-state index in [1.165, 1.54) is 6.42 Å². The van der Waals surface area contributed by atoms with Gasteiger partial charge in [-0.3, -0.25) is 0 Å². The Labute approximate surface area is 208 Å². The van der Waals surface area contributed by atoms with Gasteiger partial charge in [0.2, 0.25) is 0 Å². The van der Waals surface area contributed by atoms with E-state index in [9.17, 15) is 9.59 Å². The van der Waals surface area contributed by atoms with E-state index in [0.29, 0.717) is 17.5 Å². The Hall–Kier alpha value is -3.98. The zero-order valence-corrected chi connectivity index (χ0v) is 20.3. The van der Waals surface area contributed by atoms with Crippen molar-refractivity contribution in [3.63, 3.8) is 0 Å². The van der Waals surface area contributed by atoms with E-state index >= 15 is 0 Å². The molecule has 188 valence electrons. The van der Waals surface area contributed by atoms with Gasteiger partial charge < -0.3 is 33.8 Å². The van der Waals surface area contributed by atoms with Crippen LogP contribution in [-0.2, 0) is 15.9 Å². The van der Waals surface area contributed by atoms with Crippen molar-refractivity contribution in [1.82, 2.24) is 14.9 Å². The number of nitrogens with zero attached hydrogens (tertiary/aromatic N) is 1. The zero-order chi connectivity index (χ0) is 25.1. The summed E-state index contributed by atoms with van der Waals surface area (Å²) in [5.41, 5.74) is 3.82. The topological polar surface area (TPSA) is 106 Å². The van der Waals surface area contributed by atoms with E-state index in [-0.39, 0.29) is 13.2 Å². The molecule has 0 bridgehead atoms. The minimum Gasteiger partial charge on any atom is -0.430 e. The summed E-state index contributed by atoms with van der Waals surface area (Å²) in [6, 6.07) is 11.3. The fourth-order valence-corrected chi connectivity index (χ4v) is 4.85. The number of H-pyrrole nitrogens is 2. The van der Waals surface area contributed by atoms with Crippen LogP contribution in [0.2, 0.25) is 0 Å². The van der Waals surface area contributed by atoms with Crippen molar-refractivity contribution < 1.29 is 28.5 Å². The summed E-state index contributed by atoms with van der Waals surface area (Å²) in [5, 5.41) is 1.69. The van der Waals surface area contributed by atoms with Gasteiger partial charge >= 0.3 is 12.3 Å². The molecule has 1 unspecified atom stereocenters. The maximum absolute atomic E-state index is 12.3. The fourth-order valence-electron chi connectivity index (χ4n) is 4.85. The van der Waals surface area contributed by atoms with Crippen LogP contribution in [0.5, 0.6) is 11.5 Å². The Balaban J connectivity index is 1.13. The van der Waals surface area contributed by atoms with Gasteiger partial charge in [-0.15, -0.1) is 0 Å². The number of hydrogen-bond donors (Lipinski definition) is 2. The number of likely N-dealkylation sites (tertiary alicyclic amines) is 1. The first-order valence-corrected chi connectivity index (χ1v) is 12.0. The maximum atomic E-state index is 12.3. The Kier molecular flexibility index (Phi) is 6.81. The fraction of sp³-hybridized carbons (Fsp3) is 0.333. The molecule has 4 aromatic rings. The van der Waals surface area contributed by atoms with Gasteiger partial charge in [-0.2, -0.15) is 0 Å². The number of benzene rings is 2. The van der Waals surface area contributed by atoms with E-state index in [0.717, 1.165) is 52.3 Å². The highest BCUT2D eigenvalue weighted by molar-refractivity contribution is 5.91. The molecular weight excluding hydrogens is 462 g/mol. The Morgan fingerprint density at radius 2 is 1.53 bits per heavy atom. The molecule has 2 aromatic carbocycles. The van der Waals surface area contributed by atoms with Crippen molar-refractivity contribution >= 4 is 34.1 Å². The van der Waals surface area contributed by atoms with Crippen LogP contribution in [0, 0.1) is 6.92 Å². The molecule has 2 aromatic heterocycles. The minimum atomic E-state index is -0.876. The first kappa shape index (κ1) is 23.7. The number of carbonyl (C=O) groups excluding carboxylic acids is 2. The normalized spacial score (nSPS) is 15.9. The van der Waals surface area contributed by atoms with Crippen LogP contribution in [0.15, 0.2) is 48.8 Å². The first-order valence-electron chi connectivity index (χ1n) is 12.0. The first-order chi connectivity index (χ1) is 17.5. The highest BCUT2D eigenvalue weighted by atomic mass is 16.7. The molecule has 1 aliphatic rings. The number of likely N-dealkylation sites (N-methyl/N-ethyl adjacent to an activating group) is 1. The van der Waals surface area contributed by atoms with Crippen molar-refractivity contribution in [3.8, 4) is 11.5 Å². The number of aromatic amines is 2. The molecule has 36 heavy (non-hydrogen) atoms.